The number of rotatable bonds is 4. The van der Waals surface area contributed by atoms with Gasteiger partial charge in [0, 0.05) is 6.42 Å². The molecule has 7 heteroatoms. The van der Waals surface area contributed by atoms with E-state index in [0.717, 1.165) is 12.0 Å². The van der Waals surface area contributed by atoms with Crippen molar-refractivity contribution in [1.29, 1.82) is 5.53 Å². The third-order valence-corrected chi connectivity index (χ3v) is 3.38. The number of hydrogen-bond donors (Lipinski definition) is 3. The quantitative estimate of drug-likeness (QED) is 0.575. The summed E-state index contributed by atoms with van der Waals surface area (Å²) in [7, 11) is 0. The molecule has 0 bridgehead atoms. The summed E-state index contributed by atoms with van der Waals surface area (Å²) in [6.45, 7) is 1.96. The number of nitrogens with one attached hydrogen (secondary N) is 3. The maximum atomic E-state index is 12.2. The van der Waals surface area contributed by atoms with Crippen LogP contribution in [0.5, 0.6) is 0 Å². The fourth-order valence-corrected chi connectivity index (χ4v) is 2.15. The van der Waals surface area contributed by atoms with Gasteiger partial charge in [-0.15, -0.1) is 0 Å². The van der Waals surface area contributed by atoms with E-state index in [9.17, 15) is 14.4 Å². The van der Waals surface area contributed by atoms with Crippen LogP contribution < -0.4 is 10.6 Å². The average molecular weight is 288 g/mol. The van der Waals surface area contributed by atoms with Crippen LogP contribution in [0.3, 0.4) is 0 Å². The molecule has 0 aromatic heterocycles. The van der Waals surface area contributed by atoms with Gasteiger partial charge in [-0.05, 0) is 30.5 Å². The number of amides is 3. The lowest BCUT2D eigenvalue weighted by atomic mass is 10.0. The van der Waals surface area contributed by atoms with Gasteiger partial charge in [0.25, 0.3) is 5.91 Å². The molecule has 0 spiro atoms. The summed E-state index contributed by atoms with van der Waals surface area (Å²) in [5.74, 6) is -1.31. The van der Waals surface area contributed by atoms with E-state index in [1.807, 2.05) is 6.92 Å². The first-order chi connectivity index (χ1) is 10.0. The number of imide groups is 1. The lowest BCUT2D eigenvalue weighted by molar-refractivity contribution is -0.134. The number of carbonyl (C=O) groups is 3. The van der Waals surface area contributed by atoms with Crippen molar-refractivity contribution in [2.45, 2.75) is 32.2 Å². The molecule has 0 radical (unpaired) electrons. The molecule has 2 rings (SSSR count). The first-order valence-electron chi connectivity index (χ1n) is 6.70. The van der Waals surface area contributed by atoms with Crippen LogP contribution in [0.25, 0.3) is 0 Å². The van der Waals surface area contributed by atoms with E-state index >= 15 is 0 Å². The highest BCUT2D eigenvalue weighted by atomic mass is 16.2. The van der Waals surface area contributed by atoms with Crippen molar-refractivity contribution in [3.8, 4) is 0 Å². The van der Waals surface area contributed by atoms with E-state index in [4.69, 9.17) is 5.53 Å². The van der Waals surface area contributed by atoms with Crippen LogP contribution in [-0.2, 0) is 16.0 Å². The van der Waals surface area contributed by atoms with Crippen LogP contribution in [0.1, 0.15) is 35.7 Å². The molecule has 0 aliphatic carbocycles. The highest BCUT2D eigenvalue weighted by molar-refractivity contribution is 6.05. The Bertz CT molecular complexity index is 612. The lowest BCUT2D eigenvalue weighted by Crippen LogP contribution is -2.52. The predicted octanol–water partition coefficient (Wildman–Crippen LogP) is 1.45. The number of hydrogen-bond acceptors (Lipinski definition) is 5. The zero-order valence-electron chi connectivity index (χ0n) is 11.6. The molecule has 3 N–H and O–H groups in total. The topological polar surface area (TPSA) is 111 Å². The average Bonchev–Trinajstić information content (AvgIpc) is 2.49. The lowest BCUT2D eigenvalue weighted by Gasteiger charge is -2.22. The summed E-state index contributed by atoms with van der Waals surface area (Å²) in [6, 6.07) is 4.31. The SMILES string of the molecule is CCc1ccc(C(=O)NC2CCC(=O)NC2=O)c(N=N)c1. The molecule has 21 heavy (non-hydrogen) atoms. The van der Waals surface area contributed by atoms with Crippen molar-refractivity contribution in [2.75, 3.05) is 0 Å². The monoisotopic (exact) mass is 288 g/mol. The summed E-state index contributed by atoms with van der Waals surface area (Å²) >= 11 is 0. The third kappa shape index (κ3) is 3.31. The van der Waals surface area contributed by atoms with Crippen molar-refractivity contribution >= 4 is 23.4 Å². The van der Waals surface area contributed by atoms with E-state index in [1.165, 1.54) is 0 Å². The Morgan fingerprint density at radius 2 is 2.24 bits per heavy atom. The van der Waals surface area contributed by atoms with Crippen LogP contribution >= 0.6 is 0 Å². The smallest absolute Gasteiger partial charge is 0.254 e. The number of piperidine rings is 1. The van der Waals surface area contributed by atoms with Gasteiger partial charge < -0.3 is 5.32 Å². The van der Waals surface area contributed by atoms with Crippen molar-refractivity contribution in [3.63, 3.8) is 0 Å². The first kappa shape index (κ1) is 14.8. The summed E-state index contributed by atoms with van der Waals surface area (Å²) in [6.07, 6.45) is 1.25. The van der Waals surface area contributed by atoms with Crippen LogP contribution in [0, 0.1) is 5.53 Å². The molecule has 1 fully saturated rings. The van der Waals surface area contributed by atoms with Crippen LogP contribution in [0.4, 0.5) is 5.69 Å². The van der Waals surface area contributed by atoms with Gasteiger partial charge in [0.15, 0.2) is 0 Å². The number of benzene rings is 1. The second-order valence-electron chi connectivity index (χ2n) is 4.79. The normalized spacial score (nSPS) is 18.0. The Kier molecular flexibility index (Phi) is 4.42. The first-order valence-corrected chi connectivity index (χ1v) is 6.70. The molecule has 1 aliphatic rings. The van der Waals surface area contributed by atoms with Gasteiger partial charge in [0.2, 0.25) is 11.8 Å². The zero-order chi connectivity index (χ0) is 15.4. The fourth-order valence-electron chi connectivity index (χ4n) is 2.15. The van der Waals surface area contributed by atoms with Gasteiger partial charge in [-0.1, -0.05) is 13.0 Å². The van der Waals surface area contributed by atoms with Crippen molar-refractivity contribution in [2.24, 2.45) is 5.11 Å². The summed E-state index contributed by atoms with van der Waals surface area (Å²) in [5, 5.41) is 8.11. The maximum Gasteiger partial charge on any atom is 0.254 e. The van der Waals surface area contributed by atoms with Gasteiger partial charge in [0.05, 0.1) is 11.3 Å². The van der Waals surface area contributed by atoms with Crippen LogP contribution in [-0.4, -0.2) is 23.8 Å². The molecule has 1 heterocycles. The third-order valence-electron chi connectivity index (χ3n) is 3.38. The van der Waals surface area contributed by atoms with Gasteiger partial charge in [0.1, 0.15) is 6.04 Å². The predicted molar refractivity (Wildman–Crippen MR) is 74.3 cm³/mol. The van der Waals surface area contributed by atoms with Crippen molar-refractivity contribution in [1.82, 2.24) is 10.6 Å². The van der Waals surface area contributed by atoms with E-state index in [-0.39, 0.29) is 30.0 Å². The largest absolute Gasteiger partial charge is 0.340 e. The van der Waals surface area contributed by atoms with Crippen molar-refractivity contribution < 1.29 is 14.4 Å². The fraction of sp³-hybridized carbons (Fsp3) is 0.357. The maximum absolute atomic E-state index is 12.2. The van der Waals surface area contributed by atoms with Crippen LogP contribution in [0.2, 0.25) is 0 Å². The molecule has 1 saturated heterocycles. The highest BCUT2D eigenvalue weighted by Crippen LogP contribution is 2.21. The molecular formula is C14H16N4O3. The van der Waals surface area contributed by atoms with E-state index < -0.39 is 17.9 Å². The second-order valence-corrected chi connectivity index (χ2v) is 4.79. The van der Waals surface area contributed by atoms with E-state index in [2.05, 4.69) is 15.7 Å². The minimum absolute atomic E-state index is 0.196. The minimum Gasteiger partial charge on any atom is -0.340 e. The standard InChI is InChI=1S/C14H16N4O3/c1-2-8-3-4-9(11(7-8)18-15)13(20)16-10-5-6-12(19)17-14(10)21/h3-4,7,10,15H,2,5-6H2,1H3,(H,16,20)(H,17,19,21). The Morgan fingerprint density at radius 1 is 1.48 bits per heavy atom. The van der Waals surface area contributed by atoms with E-state index in [1.54, 1.807) is 18.2 Å². The van der Waals surface area contributed by atoms with Gasteiger partial charge in [-0.25, -0.2) is 5.53 Å². The van der Waals surface area contributed by atoms with E-state index in [0.29, 0.717) is 0 Å². The highest BCUT2D eigenvalue weighted by Gasteiger charge is 2.28. The molecule has 1 aromatic rings. The summed E-state index contributed by atoms with van der Waals surface area (Å²) < 4.78 is 0. The summed E-state index contributed by atoms with van der Waals surface area (Å²) in [4.78, 5) is 34.9. The Hall–Kier alpha value is -2.57. The minimum atomic E-state index is -0.736. The molecule has 1 unspecified atom stereocenters. The molecule has 0 saturated carbocycles. The Labute approximate surface area is 121 Å². The molecule has 1 aliphatic heterocycles. The Balaban J connectivity index is 2.15. The Morgan fingerprint density at radius 3 is 2.86 bits per heavy atom. The molecule has 3 amide bonds. The van der Waals surface area contributed by atoms with Gasteiger partial charge >= 0.3 is 0 Å². The molecule has 7 nitrogen and oxygen atoms in total. The molecule has 1 atom stereocenters. The molecule has 110 valence electrons. The number of aryl methyl sites for hydroxylation is 1. The van der Waals surface area contributed by atoms with Gasteiger partial charge in [-0.3, -0.25) is 19.7 Å². The zero-order valence-corrected chi connectivity index (χ0v) is 11.6. The number of nitrogens with zero attached hydrogens (tertiary/aromatic N) is 1. The van der Waals surface area contributed by atoms with Crippen molar-refractivity contribution in [3.05, 3.63) is 29.3 Å². The van der Waals surface area contributed by atoms with Crippen LogP contribution in [0.15, 0.2) is 23.3 Å². The van der Waals surface area contributed by atoms with Gasteiger partial charge in [-0.2, -0.15) is 5.11 Å². The second kappa shape index (κ2) is 6.25. The number of carbonyl (C=O) groups excluding carboxylic acids is 3. The molecule has 1 aromatic carbocycles. The summed E-state index contributed by atoms with van der Waals surface area (Å²) in [5.41, 5.74) is 8.63. The molecular weight excluding hydrogens is 272 g/mol.